The maximum atomic E-state index is 3.00. The summed E-state index contributed by atoms with van der Waals surface area (Å²) in [5.74, 6) is 0. The second kappa shape index (κ2) is 33.2. The topological polar surface area (TPSA) is 6.48 Å². The van der Waals surface area contributed by atoms with Gasteiger partial charge in [-0.2, -0.15) is 0 Å². The van der Waals surface area contributed by atoms with E-state index in [4.69, 9.17) is 0 Å². The van der Waals surface area contributed by atoms with E-state index >= 15 is 0 Å². The quantitative estimate of drug-likeness (QED) is 0.170. The molecule has 6 aromatic carbocycles. The van der Waals surface area contributed by atoms with Gasteiger partial charge in [0.25, 0.3) is 0 Å². The van der Waals surface area contributed by atoms with Crippen LogP contribution in [0.4, 0.5) is 22.7 Å². The second-order valence-electron chi connectivity index (χ2n) is 18.5. The second-order valence-corrected chi connectivity index (χ2v) is 101. The van der Waals surface area contributed by atoms with Gasteiger partial charge in [0.2, 0.25) is 0 Å². The van der Waals surface area contributed by atoms with Crippen molar-refractivity contribution in [1.29, 1.82) is 0 Å². The molecule has 58 heavy (non-hydrogen) atoms. The minimum atomic E-state index is 0.337. The third kappa shape index (κ3) is 15.7. The molecule has 226 valence electrons. The molecule has 0 atom stereocenters. The van der Waals surface area contributed by atoms with E-state index in [1.165, 1.54) is 0 Å². The van der Waals surface area contributed by atoms with Crippen molar-refractivity contribution in [3.63, 3.8) is 0 Å². The summed E-state index contributed by atoms with van der Waals surface area (Å²) in [4.78, 5) is 6.00. The molecule has 6 aromatic rings. The third-order valence-electron chi connectivity index (χ3n) is 16.2. The van der Waals surface area contributed by atoms with Gasteiger partial charge in [0.15, 0.2) is 0 Å². The Kier molecular flexibility index (Phi) is 41.1. The van der Waals surface area contributed by atoms with E-state index in [9.17, 15) is 0 Å². The fourth-order valence-corrected chi connectivity index (χ4v) is 190. The SMILES string of the molecule is Cc1[c]([RaH])[c]([RaH])c2[c]([RaH])c(N(C)c3[c]([RaH])[c]([RaH])c(-c4[c]([RaH])[c]([RaH])c(N(C)c5[c]([RaH])[c]([RaH])c6[c]([RaH])c(C)[c]([RaH])[c]([RaH])c6[c]5[RaH])[c]([RaH])[c]4[RaH])[c]([RaH])[c]3[RaH])[c]([RaH])[c]([RaH])c2[c]1[RaH]. The summed E-state index contributed by atoms with van der Waals surface area (Å²) in [6.45, 7) is 5.11. The number of hydrogen-bond donors (Lipinski definition) is 0. The Hall–Kier alpha value is 24.8. The molecular weight excluding hydrogens is 4980 g/mol. The molecular formula is C36H32N2Ra20. The number of nitrogens with zero attached hydrogens (tertiary/aromatic N) is 2. The first-order valence-electron chi connectivity index (χ1n) is 21.5. The van der Waals surface area contributed by atoms with Gasteiger partial charge >= 0.3 is 972 Å². The van der Waals surface area contributed by atoms with E-state index in [0.717, 1.165) is 0 Å². The summed E-state index contributed by atoms with van der Waals surface area (Å²) < 4.78 is 39.9. The molecule has 0 aromatic heterocycles. The first-order valence-corrected chi connectivity index (χ1v) is 104. The normalized spacial score (nSPS) is 11.1. The molecule has 2 nitrogen and oxygen atoms in total. The average molecular weight is 5010 g/mol. The van der Waals surface area contributed by atoms with Crippen LogP contribution in [0, 0.1) is 870 Å². The molecule has 0 aliphatic heterocycles. The monoisotopic (exact) mass is 5010 g/mol. The van der Waals surface area contributed by atoms with Gasteiger partial charge < -0.3 is 0 Å². The van der Waals surface area contributed by atoms with Crippen LogP contribution in [-0.2, 0) is 0 Å². The van der Waals surface area contributed by atoms with E-state index in [1.54, 1.807) is 0 Å². The van der Waals surface area contributed by atoms with Gasteiger partial charge in [-0.05, 0) is 0 Å². The molecule has 0 fully saturated rings. The number of anilines is 4. The van der Waals surface area contributed by atoms with Crippen LogP contribution in [0.3, 0.4) is 0 Å². The van der Waals surface area contributed by atoms with Crippen LogP contribution in [0.15, 0.2) is 0 Å². The summed E-state index contributed by atoms with van der Waals surface area (Å²) in [7, 11) is 5.28. The first kappa shape index (κ1) is 71.9. The Labute approximate surface area is 930 Å². The summed E-state index contributed by atoms with van der Waals surface area (Å²) in [5, 5.41) is 7.78. The molecule has 0 amide bonds. The molecule has 22 heteroatoms. The zero-order chi connectivity index (χ0) is 43.6. The van der Waals surface area contributed by atoms with E-state index in [2.05, 4.69) is 37.7 Å². The summed E-state index contributed by atoms with van der Waals surface area (Å²) in [5.41, 5.74) is 15.2. The average Bonchev–Trinajstić information content (AvgIpc) is 3.17. The minimum absolute atomic E-state index is 0.337. The molecule has 0 heterocycles. The fourth-order valence-electron chi connectivity index (χ4n) is 11.6. The van der Waals surface area contributed by atoms with E-state index in [1.807, 2.05) is 78.6 Å². The molecule has 0 aliphatic rings. The summed E-state index contributed by atoms with van der Waals surface area (Å²) in [6.07, 6.45) is 0. The number of fused-ring (bicyclic) bond motifs is 2. The Balaban J connectivity index is 1.57. The van der Waals surface area contributed by atoms with Crippen LogP contribution in [-0.4, -0.2) is 14.1 Å². The Morgan fingerprint density at radius 2 is 0.414 bits per heavy atom. The van der Waals surface area contributed by atoms with Crippen molar-refractivity contribution in [2.75, 3.05) is 23.9 Å². The maximum absolute atomic E-state index is 3.00. The number of benzene rings is 6. The van der Waals surface area contributed by atoms with Gasteiger partial charge in [-0.1, -0.05) is 0 Å². The fraction of sp³-hybridized carbons (Fsp3) is 0.111. The van der Waals surface area contributed by atoms with Gasteiger partial charge in [0, 0.05) is 0 Å². The molecule has 0 saturated carbocycles. The van der Waals surface area contributed by atoms with Crippen molar-refractivity contribution >= 4 is 56.4 Å². The van der Waals surface area contributed by atoms with Crippen LogP contribution in [0.2, 0.25) is 0 Å². The van der Waals surface area contributed by atoms with Crippen molar-refractivity contribution < 1.29 is 856 Å². The molecule has 0 bridgehead atoms. The molecule has 0 radical (unpaired) electrons. The van der Waals surface area contributed by atoms with Crippen LogP contribution >= 0.6 is 0 Å². The van der Waals surface area contributed by atoms with E-state index in [-0.39, 0.29) is 0 Å². The standard InChI is InChI=1S/C36H12N2.20Ra.20H/c1-25-5-7-31-23-35(19-13-29(31)21-25)37(3)33-15-9-27(10-16-33)28-11-17-34(18-12-28)38(4)36-20-14-30-22-26(2)6-8-32(30)24-36;;;;;;;;;;;;;;;;;;;;;;;;;;;;;;;;;;;;;;;;/h1-4H3;;;;;;;;;;;;;;;;;;;;;;;;;;;;;;;;;;;;;;;;. The number of hydrogen-bond acceptors (Lipinski definition) is 2. The molecule has 0 aliphatic carbocycles. The van der Waals surface area contributed by atoms with Gasteiger partial charge in [0.1, 0.15) is 0 Å². The van der Waals surface area contributed by atoms with Gasteiger partial charge in [-0.25, -0.2) is 0 Å². The number of rotatable bonds is 5. The molecule has 0 unspecified atom stereocenters. The van der Waals surface area contributed by atoms with Crippen LogP contribution < -0.4 is 21.9 Å². The summed E-state index contributed by atoms with van der Waals surface area (Å²) >= 11 is 7.61. The predicted molar refractivity (Wildman–Crippen MR) is 186 cm³/mol. The Morgan fingerprint density at radius 1 is 0.224 bits per heavy atom. The zero-order valence-electron chi connectivity index (χ0n) is 40.9. The first-order chi connectivity index (χ1) is 26.9. The van der Waals surface area contributed by atoms with Crippen molar-refractivity contribution in [2.24, 2.45) is 0 Å². The van der Waals surface area contributed by atoms with Crippen molar-refractivity contribution in [2.45, 2.75) is 13.8 Å². The van der Waals surface area contributed by atoms with Crippen LogP contribution in [0.5, 0.6) is 0 Å². The molecule has 0 spiro atoms. The molecule has 0 N–H and O–H groups in total. The van der Waals surface area contributed by atoms with Crippen molar-refractivity contribution in [1.82, 2.24) is 0 Å². The summed E-state index contributed by atoms with van der Waals surface area (Å²) in [6, 6.07) is 0. The van der Waals surface area contributed by atoms with Crippen molar-refractivity contribution in [3.05, 3.63) is 11.1 Å². The van der Waals surface area contributed by atoms with Gasteiger partial charge in [-0.15, -0.1) is 0 Å². The van der Waals surface area contributed by atoms with E-state index in [0.29, 0.717) is 856 Å². The van der Waals surface area contributed by atoms with Gasteiger partial charge in [-0.3, -0.25) is 0 Å². The Bertz CT molecular complexity index is 2600. The van der Waals surface area contributed by atoms with Crippen LogP contribution in [0.1, 0.15) is 11.1 Å². The van der Waals surface area contributed by atoms with E-state index < -0.39 is 0 Å². The zero-order valence-corrected chi connectivity index (χ0v) is 205. The Morgan fingerprint density at radius 3 is 0.672 bits per heavy atom. The molecule has 6 rings (SSSR count). The molecule has 0 saturated heterocycles. The third-order valence-corrected chi connectivity index (χ3v) is 253. The van der Waals surface area contributed by atoms with Gasteiger partial charge in [0.05, 0.1) is 0 Å². The van der Waals surface area contributed by atoms with Crippen LogP contribution in [0.25, 0.3) is 32.7 Å². The van der Waals surface area contributed by atoms with Crippen molar-refractivity contribution in [3.8, 4) is 11.1 Å². The predicted octanol–water partition coefficient (Wildman–Crippen LogP) is -12.0.